The van der Waals surface area contributed by atoms with Crippen LogP contribution in [0.25, 0.3) is 0 Å². The fraction of sp³-hybridized carbons (Fsp3) is 0.700. The van der Waals surface area contributed by atoms with Gasteiger partial charge in [-0.3, -0.25) is 0 Å². The number of hydrogen-bond acceptors (Lipinski definition) is 3. The van der Waals surface area contributed by atoms with E-state index in [1.54, 1.807) is 0 Å². The van der Waals surface area contributed by atoms with Gasteiger partial charge in [-0.25, -0.2) is 4.79 Å². The van der Waals surface area contributed by atoms with Gasteiger partial charge >= 0.3 is 5.97 Å². The molecule has 0 fully saturated rings. The van der Waals surface area contributed by atoms with Crippen molar-refractivity contribution in [1.82, 2.24) is 5.32 Å². The number of carbonyl (C=O) groups excluding carboxylic acids is 1. The number of methoxy groups -OCH3 is 1. The molecule has 1 N–H and O–H groups in total. The van der Waals surface area contributed by atoms with Gasteiger partial charge in [-0.1, -0.05) is 5.57 Å². The Bertz CT molecular complexity index is 201. The van der Waals surface area contributed by atoms with Gasteiger partial charge in [-0.05, 0) is 27.7 Å². The van der Waals surface area contributed by atoms with Crippen LogP contribution < -0.4 is 5.32 Å². The average Bonchev–Trinajstić information content (AvgIpc) is 1.99. The van der Waals surface area contributed by atoms with E-state index < -0.39 is 0 Å². The standard InChI is InChI=1S/C10H19NO2/c1-8(6-9(12)13-5)7-11-10(2,3)4/h6,11H,7H2,1-5H3/b8-6+. The summed E-state index contributed by atoms with van der Waals surface area (Å²) in [7, 11) is 1.38. The van der Waals surface area contributed by atoms with Crippen LogP contribution in [0.5, 0.6) is 0 Å². The van der Waals surface area contributed by atoms with Gasteiger partial charge in [0.05, 0.1) is 7.11 Å². The van der Waals surface area contributed by atoms with Crippen molar-refractivity contribution in [2.24, 2.45) is 0 Å². The molecule has 0 aliphatic carbocycles. The van der Waals surface area contributed by atoms with Gasteiger partial charge in [0.2, 0.25) is 0 Å². The van der Waals surface area contributed by atoms with Crippen molar-refractivity contribution in [3.05, 3.63) is 11.6 Å². The lowest BCUT2D eigenvalue weighted by Crippen LogP contribution is -2.36. The van der Waals surface area contributed by atoms with Gasteiger partial charge in [0, 0.05) is 18.2 Å². The van der Waals surface area contributed by atoms with E-state index in [9.17, 15) is 4.79 Å². The first-order valence-electron chi connectivity index (χ1n) is 4.35. The highest BCUT2D eigenvalue weighted by Crippen LogP contribution is 2.00. The summed E-state index contributed by atoms with van der Waals surface area (Å²) in [5.41, 5.74) is 1.05. The van der Waals surface area contributed by atoms with Gasteiger partial charge in [-0.15, -0.1) is 0 Å². The maximum Gasteiger partial charge on any atom is 0.330 e. The minimum absolute atomic E-state index is 0.0746. The number of esters is 1. The molecule has 3 heteroatoms. The highest BCUT2D eigenvalue weighted by atomic mass is 16.5. The van der Waals surface area contributed by atoms with E-state index in [2.05, 4.69) is 30.8 Å². The summed E-state index contributed by atoms with van der Waals surface area (Å²) in [5, 5.41) is 3.28. The summed E-state index contributed by atoms with van der Waals surface area (Å²) >= 11 is 0. The molecule has 0 bridgehead atoms. The molecule has 0 saturated heterocycles. The molecule has 3 nitrogen and oxygen atoms in total. The van der Waals surface area contributed by atoms with Crippen molar-refractivity contribution in [2.75, 3.05) is 13.7 Å². The SMILES string of the molecule is COC(=O)/C=C(\C)CNC(C)(C)C. The van der Waals surface area contributed by atoms with Crippen LogP contribution in [0, 0.1) is 0 Å². The average molecular weight is 185 g/mol. The Morgan fingerprint density at radius 1 is 1.46 bits per heavy atom. The van der Waals surface area contributed by atoms with Crippen LogP contribution in [0.1, 0.15) is 27.7 Å². The number of ether oxygens (including phenoxy) is 1. The third-order valence-corrected chi connectivity index (χ3v) is 1.46. The maximum absolute atomic E-state index is 10.8. The van der Waals surface area contributed by atoms with Crippen LogP contribution in [0.15, 0.2) is 11.6 Å². The molecule has 0 unspecified atom stereocenters. The first kappa shape index (κ1) is 12.2. The predicted octanol–water partition coefficient (Wildman–Crippen LogP) is 1.49. The first-order valence-corrected chi connectivity index (χ1v) is 4.35. The molecule has 0 rings (SSSR count). The second-order valence-electron chi connectivity index (χ2n) is 4.12. The third-order valence-electron chi connectivity index (χ3n) is 1.46. The number of nitrogens with one attached hydrogen (secondary N) is 1. The molecule has 0 saturated carbocycles. The predicted molar refractivity (Wildman–Crippen MR) is 53.5 cm³/mol. The molecule has 13 heavy (non-hydrogen) atoms. The minimum Gasteiger partial charge on any atom is -0.466 e. The van der Waals surface area contributed by atoms with Crippen LogP contribution in [-0.2, 0) is 9.53 Å². The van der Waals surface area contributed by atoms with E-state index in [4.69, 9.17) is 0 Å². The molecule has 0 spiro atoms. The number of hydrogen-bond donors (Lipinski definition) is 1. The fourth-order valence-electron chi connectivity index (χ4n) is 0.716. The molecule has 0 heterocycles. The molecule has 0 atom stereocenters. The van der Waals surface area contributed by atoms with Crippen molar-refractivity contribution < 1.29 is 9.53 Å². The monoisotopic (exact) mass is 185 g/mol. The second-order valence-corrected chi connectivity index (χ2v) is 4.12. The van der Waals surface area contributed by atoms with Gasteiger partial charge in [0.25, 0.3) is 0 Å². The Balaban J connectivity index is 3.94. The Hall–Kier alpha value is -0.830. The third kappa shape index (κ3) is 7.53. The summed E-state index contributed by atoms with van der Waals surface area (Å²) in [4.78, 5) is 10.8. The fourth-order valence-corrected chi connectivity index (χ4v) is 0.716. The van der Waals surface area contributed by atoms with Gasteiger partial charge in [0.1, 0.15) is 0 Å². The lowest BCUT2D eigenvalue weighted by atomic mass is 10.1. The molecule has 0 aliphatic rings. The Kier molecular flexibility index (Phi) is 4.70. The zero-order chi connectivity index (χ0) is 10.5. The van der Waals surface area contributed by atoms with Crippen molar-refractivity contribution >= 4 is 5.97 Å². The van der Waals surface area contributed by atoms with Gasteiger partial charge < -0.3 is 10.1 Å². The smallest absolute Gasteiger partial charge is 0.330 e. The Morgan fingerprint density at radius 2 is 2.00 bits per heavy atom. The van der Waals surface area contributed by atoms with Crippen LogP contribution >= 0.6 is 0 Å². The summed E-state index contributed by atoms with van der Waals surface area (Å²) in [6.45, 7) is 8.85. The highest BCUT2D eigenvalue weighted by molar-refractivity contribution is 5.82. The van der Waals surface area contributed by atoms with Crippen molar-refractivity contribution in [1.29, 1.82) is 0 Å². The van der Waals surface area contributed by atoms with Crippen LogP contribution in [0.4, 0.5) is 0 Å². The zero-order valence-electron chi connectivity index (χ0n) is 9.10. The summed E-state index contributed by atoms with van der Waals surface area (Å²) in [5.74, 6) is -0.298. The lowest BCUT2D eigenvalue weighted by Gasteiger charge is -2.20. The molecule has 0 aromatic heterocycles. The highest BCUT2D eigenvalue weighted by Gasteiger charge is 2.08. The Labute approximate surface area is 80.2 Å². The largest absolute Gasteiger partial charge is 0.466 e. The molecule has 0 amide bonds. The van der Waals surface area contributed by atoms with Gasteiger partial charge in [0.15, 0.2) is 0 Å². The molecule has 76 valence electrons. The quantitative estimate of drug-likeness (QED) is 0.535. The van der Waals surface area contributed by atoms with Crippen LogP contribution in [0.2, 0.25) is 0 Å². The molecule has 0 aromatic carbocycles. The second kappa shape index (κ2) is 5.02. The van der Waals surface area contributed by atoms with Crippen LogP contribution in [0.3, 0.4) is 0 Å². The lowest BCUT2D eigenvalue weighted by molar-refractivity contribution is -0.134. The molecule has 0 aromatic rings. The molecular weight excluding hydrogens is 166 g/mol. The topological polar surface area (TPSA) is 38.3 Å². The normalized spacial score (nSPS) is 12.8. The van der Waals surface area contributed by atoms with E-state index in [1.807, 2.05) is 6.92 Å². The van der Waals surface area contributed by atoms with Crippen LogP contribution in [-0.4, -0.2) is 25.2 Å². The molecular formula is C10H19NO2. The van der Waals surface area contributed by atoms with Gasteiger partial charge in [-0.2, -0.15) is 0 Å². The van der Waals surface area contributed by atoms with E-state index in [0.29, 0.717) is 6.54 Å². The first-order chi connectivity index (χ1) is 5.85. The van der Waals surface area contributed by atoms with Crippen molar-refractivity contribution in [3.8, 4) is 0 Å². The van der Waals surface area contributed by atoms with E-state index in [-0.39, 0.29) is 11.5 Å². The molecule has 0 aliphatic heterocycles. The van der Waals surface area contributed by atoms with Crippen molar-refractivity contribution in [2.45, 2.75) is 33.2 Å². The number of rotatable bonds is 3. The van der Waals surface area contributed by atoms with E-state index in [0.717, 1.165) is 5.57 Å². The van der Waals surface area contributed by atoms with E-state index in [1.165, 1.54) is 13.2 Å². The number of carbonyl (C=O) groups is 1. The van der Waals surface area contributed by atoms with E-state index >= 15 is 0 Å². The zero-order valence-corrected chi connectivity index (χ0v) is 9.10. The summed E-state index contributed by atoms with van der Waals surface area (Å²) < 4.78 is 4.51. The van der Waals surface area contributed by atoms with Crippen molar-refractivity contribution in [3.63, 3.8) is 0 Å². The Morgan fingerprint density at radius 3 is 2.38 bits per heavy atom. The maximum atomic E-state index is 10.8. The minimum atomic E-state index is -0.298. The summed E-state index contributed by atoms with van der Waals surface area (Å²) in [6, 6.07) is 0. The summed E-state index contributed by atoms with van der Waals surface area (Å²) in [6.07, 6.45) is 1.50. The molecule has 0 radical (unpaired) electrons.